The van der Waals surface area contributed by atoms with Crippen molar-refractivity contribution in [3.05, 3.63) is 29.8 Å². The molecular weight excluding hydrogens is 268 g/mol. The number of hydrogen-bond acceptors (Lipinski definition) is 4. The molecule has 4 nitrogen and oxygen atoms in total. The zero-order valence-electron chi connectivity index (χ0n) is 12.7. The molecule has 114 valence electrons. The van der Waals surface area contributed by atoms with Gasteiger partial charge in [0.2, 0.25) is 0 Å². The van der Waals surface area contributed by atoms with Crippen molar-refractivity contribution in [1.29, 1.82) is 0 Å². The summed E-state index contributed by atoms with van der Waals surface area (Å²) in [5, 5.41) is 0. The molecule has 0 N–H and O–H groups in total. The van der Waals surface area contributed by atoms with Crippen LogP contribution in [0.1, 0.15) is 49.4 Å². The number of carbonyl (C=O) groups excluding carboxylic acids is 1. The predicted octanol–water partition coefficient (Wildman–Crippen LogP) is 3.34. The Balaban J connectivity index is 1.77. The van der Waals surface area contributed by atoms with Gasteiger partial charge in [0.15, 0.2) is 17.2 Å². The third-order valence-corrected chi connectivity index (χ3v) is 4.47. The summed E-state index contributed by atoms with van der Waals surface area (Å²) in [6.45, 7) is 2.17. The van der Waals surface area contributed by atoms with E-state index in [1.807, 2.05) is 6.92 Å². The first-order valence-corrected chi connectivity index (χ1v) is 7.60. The summed E-state index contributed by atoms with van der Waals surface area (Å²) in [7, 11) is 1.61. The van der Waals surface area contributed by atoms with Crippen LogP contribution in [0.2, 0.25) is 0 Å². The Morgan fingerprint density at radius 2 is 1.81 bits per heavy atom. The lowest BCUT2D eigenvalue weighted by atomic mass is 9.93. The van der Waals surface area contributed by atoms with Gasteiger partial charge in [-0.05, 0) is 44.0 Å². The standard InChI is InChI=1S/C17H22O4/c1-16(12-20-17(21-16)10-4-3-5-11-17)15(18)13-6-8-14(19-2)9-7-13/h6-9H,3-5,10-12H2,1-2H3. The zero-order valence-corrected chi connectivity index (χ0v) is 12.7. The highest BCUT2D eigenvalue weighted by atomic mass is 16.8. The van der Waals surface area contributed by atoms with Crippen LogP contribution in [-0.2, 0) is 9.47 Å². The minimum atomic E-state index is -0.883. The van der Waals surface area contributed by atoms with Gasteiger partial charge in [-0.25, -0.2) is 0 Å². The number of methoxy groups -OCH3 is 1. The van der Waals surface area contributed by atoms with Gasteiger partial charge in [0.05, 0.1) is 13.7 Å². The van der Waals surface area contributed by atoms with E-state index in [9.17, 15) is 4.79 Å². The number of benzene rings is 1. The van der Waals surface area contributed by atoms with Gasteiger partial charge in [-0.15, -0.1) is 0 Å². The molecule has 0 aromatic heterocycles. The SMILES string of the molecule is COc1ccc(C(=O)C2(C)COC3(CCCCC3)O2)cc1. The molecule has 1 aromatic rings. The van der Waals surface area contributed by atoms with Gasteiger partial charge < -0.3 is 14.2 Å². The first-order chi connectivity index (χ1) is 10.1. The van der Waals surface area contributed by atoms with Gasteiger partial charge >= 0.3 is 0 Å². The number of hydrogen-bond donors (Lipinski definition) is 0. The van der Waals surface area contributed by atoms with Gasteiger partial charge in [-0.2, -0.15) is 0 Å². The first kappa shape index (κ1) is 14.5. The smallest absolute Gasteiger partial charge is 0.196 e. The van der Waals surface area contributed by atoms with E-state index in [2.05, 4.69) is 0 Å². The Kier molecular flexibility index (Phi) is 3.76. The Morgan fingerprint density at radius 3 is 2.43 bits per heavy atom. The molecule has 2 aliphatic rings. The average Bonchev–Trinajstić information content (AvgIpc) is 2.85. The lowest BCUT2D eigenvalue weighted by molar-refractivity contribution is -0.194. The molecule has 2 fully saturated rings. The molecule has 21 heavy (non-hydrogen) atoms. The molecule has 0 amide bonds. The van der Waals surface area contributed by atoms with Gasteiger partial charge in [0.25, 0.3) is 0 Å². The Labute approximate surface area is 125 Å². The molecule has 4 heteroatoms. The summed E-state index contributed by atoms with van der Waals surface area (Å²) >= 11 is 0. The van der Waals surface area contributed by atoms with Crippen LogP contribution >= 0.6 is 0 Å². The number of carbonyl (C=O) groups is 1. The van der Waals surface area contributed by atoms with Crippen LogP contribution in [0.5, 0.6) is 5.75 Å². The molecular formula is C17H22O4. The van der Waals surface area contributed by atoms with E-state index >= 15 is 0 Å². The highest BCUT2D eigenvalue weighted by Gasteiger charge is 2.52. The maximum Gasteiger partial charge on any atom is 0.196 e. The fourth-order valence-electron chi connectivity index (χ4n) is 3.24. The third-order valence-electron chi connectivity index (χ3n) is 4.47. The van der Waals surface area contributed by atoms with Gasteiger partial charge in [0.1, 0.15) is 5.75 Å². The fraction of sp³-hybridized carbons (Fsp3) is 0.588. The van der Waals surface area contributed by atoms with Gasteiger partial charge in [0, 0.05) is 18.4 Å². The Hall–Kier alpha value is -1.39. The molecule has 1 atom stereocenters. The van der Waals surface area contributed by atoms with Crippen LogP contribution in [0.15, 0.2) is 24.3 Å². The van der Waals surface area contributed by atoms with Gasteiger partial charge in [-0.1, -0.05) is 6.42 Å². The highest BCUT2D eigenvalue weighted by molar-refractivity contribution is 6.02. The van der Waals surface area contributed by atoms with Gasteiger partial charge in [-0.3, -0.25) is 4.79 Å². The summed E-state index contributed by atoms with van der Waals surface area (Å²) in [5.41, 5.74) is -0.249. The van der Waals surface area contributed by atoms with Crippen LogP contribution in [0.25, 0.3) is 0 Å². The lowest BCUT2D eigenvalue weighted by Gasteiger charge is -2.33. The van der Waals surface area contributed by atoms with Crippen LogP contribution in [0.3, 0.4) is 0 Å². The molecule has 1 saturated heterocycles. The number of Topliss-reactive ketones (excluding diaryl/α,β-unsaturated/α-hetero) is 1. The summed E-state index contributed by atoms with van der Waals surface area (Å²) in [5.74, 6) is 0.187. The molecule has 0 radical (unpaired) electrons. The normalized spacial score (nSPS) is 27.7. The van der Waals surface area contributed by atoms with E-state index in [0.29, 0.717) is 12.2 Å². The zero-order chi connectivity index (χ0) is 14.9. The van der Waals surface area contributed by atoms with Crippen molar-refractivity contribution in [2.24, 2.45) is 0 Å². The average molecular weight is 290 g/mol. The van der Waals surface area contributed by atoms with E-state index in [-0.39, 0.29) is 5.78 Å². The quantitative estimate of drug-likeness (QED) is 0.801. The van der Waals surface area contributed by atoms with Crippen molar-refractivity contribution in [3.8, 4) is 5.75 Å². The lowest BCUT2D eigenvalue weighted by Crippen LogP contribution is -2.42. The van der Waals surface area contributed by atoms with Crippen molar-refractivity contribution in [2.75, 3.05) is 13.7 Å². The summed E-state index contributed by atoms with van der Waals surface area (Å²) in [6, 6.07) is 7.15. The second kappa shape index (κ2) is 5.43. The summed E-state index contributed by atoms with van der Waals surface area (Å²) < 4.78 is 17.2. The molecule has 1 aliphatic heterocycles. The predicted molar refractivity (Wildman–Crippen MR) is 78.6 cm³/mol. The molecule has 1 aromatic carbocycles. The Morgan fingerprint density at radius 1 is 1.14 bits per heavy atom. The second-order valence-corrected chi connectivity index (χ2v) is 6.15. The number of rotatable bonds is 3. The molecule has 3 rings (SSSR count). The summed E-state index contributed by atoms with van der Waals surface area (Å²) in [4.78, 5) is 12.7. The van der Waals surface area contributed by atoms with Crippen LogP contribution in [0.4, 0.5) is 0 Å². The minimum absolute atomic E-state index is 0.0207. The van der Waals surface area contributed by atoms with Crippen LogP contribution in [0, 0.1) is 0 Å². The molecule has 1 saturated carbocycles. The Bertz CT molecular complexity index is 516. The molecule has 0 bridgehead atoms. The number of ether oxygens (including phenoxy) is 3. The second-order valence-electron chi connectivity index (χ2n) is 6.15. The van der Waals surface area contributed by atoms with E-state index in [1.54, 1.807) is 31.4 Å². The third kappa shape index (κ3) is 2.70. The van der Waals surface area contributed by atoms with E-state index < -0.39 is 11.4 Å². The molecule has 1 unspecified atom stereocenters. The van der Waals surface area contributed by atoms with E-state index in [1.165, 1.54) is 6.42 Å². The monoisotopic (exact) mass is 290 g/mol. The molecule has 1 heterocycles. The van der Waals surface area contributed by atoms with Crippen molar-refractivity contribution in [1.82, 2.24) is 0 Å². The van der Waals surface area contributed by atoms with Crippen molar-refractivity contribution >= 4 is 5.78 Å². The topological polar surface area (TPSA) is 44.8 Å². The fourth-order valence-corrected chi connectivity index (χ4v) is 3.24. The minimum Gasteiger partial charge on any atom is -0.497 e. The first-order valence-electron chi connectivity index (χ1n) is 7.60. The maximum absolute atomic E-state index is 12.7. The number of ketones is 1. The molecule has 1 aliphatic carbocycles. The van der Waals surface area contributed by atoms with Crippen molar-refractivity contribution in [2.45, 2.75) is 50.4 Å². The largest absolute Gasteiger partial charge is 0.497 e. The van der Waals surface area contributed by atoms with E-state index in [4.69, 9.17) is 14.2 Å². The van der Waals surface area contributed by atoms with E-state index in [0.717, 1.165) is 31.4 Å². The summed E-state index contributed by atoms with van der Waals surface area (Å²) in [6.07, 6.45) is 5.20. The van der Waals surface area contributed by atoms with Crippen LogP contribution < -0.4 is 4.74 Å². The maximum atomic E-state index is 12.7. The highest BCUT2D eigenvalue weighted by Crippen LogP contribution is 2.42. The molecule has 1 spiro atoms. The van der Waals surface area contributed by atoms with Crippen molar-refractivity contribution < 1.29 is 19.0 Å². The van der Waals surface area contributed by atoms with Crippen molar-refractivity contribution in [3.63, 3.8) is 0 Å². The van der Waals surface area contributed by atoms with Crippen LogP contribution in [-0.4, -0.2) is 30.9 Å².